The van der Waals surface area contributed by atoms with E-state index in [1.165, 1.54) is 18.4 Å². The van der Waals surface area contributed by atoms with E-state index in [9.17, 15) is 9.90 Å². The van der Waals surface area contributed by atoms with Gasteiger partial charge < -0.3 is 24.6 Å². The lowest BCUT2D eigenvalue weighted by Crippen LogP contribution is -2.68. The summed E-state index contributed by atoms with van der Waals surface area (Å²) in [7, 11) is 0. The fraction of sp³-hybridized carbons (Fsp3) is 0.625. The minimum Gasteiger partial charge on any atom is -0.487 e. The van der Waals surface area contributed by atoms with Gasteiger partial charge in [0.25, 0.3) is 0 Å². The molecule has 0 atom stereocenters. The number of hydrogen-bond acceptors (Lipinski definition) is 5. The van der Waals surface area contributed by atoms with E-state index in [1.54, 1.807) is 0 Å². The highest BCUT2D eigenvalue weighted by Crippen LogP contribution is 2.56. The van der Waals surface area contributed by atoms with Crippen molar-refractivity contribution < 1.29 is 14.6 Å². The Bertz CT molecular complexity index is 1110. The maximum Gasteiger partial charge on any atom is 0.320 e. The summed E-state index contributed by atoms with van der Waals surface area (Å²) in [4.78, 5) is 19.9. The number of likely N-dealkylation sites (tertiary alicyclic amines) is 2. The van der Waals surface area contributed by atoms with Crippen molar-refractivity contribution in [2.24, 2.45) is 5.41 Å². The summed E-state index contributed by atoms with van der Waals surface area (Å²) in [5.41, 5.74) is 0.654. The molecule has 3 aliphatic carbocycles. The molecule has 2 N–H and O–H groups in total. The van der Waals surface area contributed by atoms with Crippen molar-refractivity contribution >= 4 is 17.6 Å². The van der Waals surface area contributed by atoms with Gasteiger partial charge in [0.1, 0.15) is 23.3 Å². The third-order valence-corrected chi connectivity index (χ3v) is 8.49. The number of aliphatic hydroxyl groups is 1. The molecule has 2 aliphatic heterocycles. The molecular weight excluding hydrogens is 442 g/mol. The largest absolute Gasteiger partial charge is 0.487 e. The number of aromatic nitrogens is 3. The predicted molar refractivity (Wildman–Crippen MR) is 120 cm³/mol. The van der Waals surface area contributed by atoms with Gasteiger partial charge in [-0.1, -0.05) is 11.6 Å². The minimum absolute atomic E-state index is 0.0485. The summed E-state index contributed by atoms with van der Waals surface area (Å²) in [6.07, 6.45) is 6.02. The zero-order valence-electron chi connectivity index (χ0n) is 18.5. The Morgan fingerprint density at radius 2 is 1.88 bits per heavy atom. The number of amides is 2. The molecule has 7 rings (SSSR count). The van der Waals surface area contributed by atoms with Crippen molar-refractivity contribution in [2.75, 3.05) is 26.2 Å². The highest BCUT2D eigenvalue weighted by molar-refractivity contribution is 6.31. The van der Waals surface area contributed by atoms with Crippen LogP contribution in [0.1, 0.15) is 67.6 Å². The number of carbonyl (C=O) groups excluding carboxylic acids is 1. The second-order valence-electron chi connectivity index (χ2n) is 10.9. The summed E-state index contributed by atoms with van der Waals surface area (Å²) in [5, 5.41) is 19.4. The van der Waals surface area contributed by atoms with Crippen LogP contribution in [0.4, 0.5) is 4.79 Å². The van der Waals surface area contributed by atoms with Crippen molar-refractivity contribution in [2.45, 2.75) is 62.1 Å². The summed E-state index contributed by atoms with van der Waals surface area (Å²) in [6.45, 7) is 2.90. The van der Waals surface area contributed by atoms with Crippen LogP contribution in [0.5, 0.6) is 5.75 Å². The fourth-order valence-corrected chi connectivity index (χ4v) is 5.99. The van der Waals surface area contributed by atoms with Gasteiger partial charge in [-0.15, -0.1) is 10.2 Å². The Labute approximate surface area is 197 Å². The quantitative estimate of drug-likeness (QED) is 0.700. The van der Waals surface area contributed by atoms with Crippen LogP contribution in [0.2, 0.25) is 5.02 Å². The minimum atomic E-state index is -0.766. The number of ether oxygens (including phenoxy) is 1. The number of rotatable bonds is 5. The third kappa shape index (κ3) is 3.41. The van der Waals surface area contributed by atoms with Crippen LogP contribution < -0.4 is 4.74 Å². The van der Waals surface area contributed by atoms with Gasteiger partial charge in [-0.2, -0.15) is 0 Å². The Morgan fingerprint density at radius 1 is 1.12 bits per heavy atom. The van der Waals surface area contributed by atoms with Crippen LogP contribution >= 0.6 is 11.6 Å². The molecule has 2 saturated heterocycles. The molecule has 3 saturated carbocycles. The number of carbonyl (C=O) groups is 1. The molecular formula is C24H28ClN5O3. The molecule has 1 spiro atoms. The van der Waals surface area contributed by atoms with Crippen LogP contribution in [-0.2, 0) is 5.60 Å². The lowest BCUT2D eigenvalue weighted by molar-refractivity contribution is -0.0665. The first-order valence-corrected chi connectivity index (χ1v) is 12.4. The number of hydrogen-bond donors (Lipinski definition) is 2. The molecule has 3 heterocycles. The zero-order valence-corrected chi connectivity index (χ0v) is 19.2. The number of nitrogens with one attached hydrogen (secondary N) is 1. The highest BCUT2D eigenvalue weighted by Gasteiger charge is 2.56. The standard InChI is InChI=1S/C24H28ClN5O3/c25-19-4-3-16(7-18(19)14-1-2-14)33-17-10-29(11-17)22(31)30-12-23(13-30)8-15(9-23)20-26-21(28-27-20)24(32)5-6-24/h3-4,7,14-15,17,32H,1-2,5-6,8-13H2,(H,26,27,28). The van der Waals surface area contributed by atoms with Gasteiger partial charge in [0.05, 0.1) is 13.1 Å². The maximum atomic E-state index is 12.8. The second-order valence-corrected chi connectivity index (χ2v) is 11.3. The summed E-state index contributed by atoms with van der Waals surface area (Å²) < 4.78 is 6.10. The van der Waals surface area contributed by atoms with Gasteiger partial charge in [-0.05, 0) is 68.2 Å². The molecule has 1 aromatic heterocycles. The van der Waals surface area contributed by atoms with Crippen LogP contribution in [0.15, 0.2) is 18.2 Å². The van der Waals surface area contributed by atoms with E-state index in [0.29, 0.717) is 30.7 Å². The van der Waals surface area contributed by atoms with E-state index in [1.807, 2.05) is 21.9 Å². The number of urea groups is 1. The lowest BCUT2D eigenvalue weighted by atomic mass is 9.57. The zero-order chi connectivity index (χ0) is 22.4. The Hall–Kier alpha value is -2.32. The maximum absolute atomic E-state index is 12.8. The van der Waals surface area contributed by atoms with Gasteiger partial charge >= 0.3 is 6.03 Å². The van der Waals surface area contributed by atoms with Gasteiger partial charge in [-0.3, -0.25) is 0 Å². The monoisotopic (exact) mass is 469 g/mol. The topological polar surface area (TPSA) is 94.6 Å². The van der Waals surface area contributed by atoms with Crippen molar-refractivity contribution in [1.82, 2.24) is 25.0 Å². The molecule has 33 heavy (non-hydrogen) atoms. The molecule has 1 aromatic carbocycles. The van der Waals surface area contributed by atoms with Crippen molar-refractivity contribution in [3.05, 3.63) is 40.4 Å². The molecule has 5 fully saturated rings. The normalized spacial score (nSPS) is 25.4. The van der Waals surface area contributed by atoms with Gasteiger partial charge in [0.2, 0.25) is 0 Å². The SMILES string of the molecule is O=C(N1CC(Oc2ccc(Cl)c(C3CC3)c2)C1)N1CC2(CC(c3nnc(C4(O)CC4)[nH]3)C2)C1. The third-order valence-electron chi connectivity index (χ3n) is 8.14. The van der Waals surface area contributed by atoms with Crippen LogP contribution in [0.25, 0.3) is 0 Å². The van der Waals surface area contributed by atoms with E-state index in [4.69, 9.17) is 16.3 Å². The van der Waals surface area contributed by atoms with Crippen LogP contribution in [0, 0.1) is 5.41 Å². The van der Waals surface area contributed by atoms with Crippen LogP contribution in [0.3, 0.4) is 0 Å². The molecule has 8 nitrogen and oxygen atoms in total. The molecule has 174 valence electrons. The van der Waals surface area contributed by atoms with E-state index in [-0.39, 0.29) is 17.6 Å². The van der Waals surface area contributed by atoms with Crippen LogP contribution in [-0.4, -0.2) is 68.4 Å². The predicted octanol–water partition coefficient (Wildman–Crippen LogP) is 3.38. The molecule has 9 heteroatoms. The molecule has 0 unspecified atom stereocenters. The molecule has 5 aliphatic rings. The number of halogens is 1. The van der Waals surface area contributed by atoms with Crippen molar-refractivity contribution in [3.63, 3.8) is 0 Å². The summed E-state index contributed by atoms with van der Waals surface area (Å²) >= 11 is 6.31. The highest BCUT2D eigenvalue weighted by atomic mass is 35.5. The molecule has 0 bridgehead atoms. The van der Waals surface area contributed by atoms with Crippen molar-refractivity contribution in [1.29, 1.82) is 0 Å². The number of nitrogens with zero attached hydrogens (tertiary/aromatic N) is 4. The number of benzene rings is 1. The van der Waals surface area contributed by atoms with E-state index >= 15 is 0 Å². The summed E-state index contributed by atoms with van der Waals surface area (Å²) in [6, 6.07) is 6.04. The smallest absolute Gasteiger partial charge is 0.320 e. The lowest BCUT2D eigenvalue weighted by Gasteiger charge is -2.59. The first-order chi connectivity index (χ1) is 15.9. The Morgan fingerprint density at radius 3 is 2.58 bits per heavy atom. The first kappa shape index (κ1) is 20.1. The van der Waals surface area contributed by atoms with Gasteiger partial charge in [0, 0.05) is 29.4 Å². The fourth-order valence-electron chi connectivity index (χ4n) is 5.72. The Kier molecular flexibility index (Phi) is 4.17. The Balaban J connectivity index is 0.876. The summed E-state index contributed by atoms with van der Waals surface area (Å²) in [5.74, 6) is 3.29. The van der Waals surface area contributed by atoms with Gasteiger partial charge in [-0.25, -0.2) is 4.79 Å². The molecule has 2 amide bonds. The number of aromatic amines is 1. The average Bonchev–Trinajstić information content (AvgIpc) is 3.63. The van der Waals surface area contributed by atoms with E-state index < -0.39 is 5.60 Å². The molecule has 0 radical (unpaired) electrons. The van der Waals surface area contributed by atoms with E-state index in [0.717, 1.165) is 55.4 Å². The van der Waals surface area contributed by atoms with Crippen molar-refractivity contribution in [3.8, 4) is 5.75 Å². The number of H-pyrrole nitrogens is 1. The van der Waals surface area contributed by atoms with Gasteiger partial charge in [0.15, 0.2) is 5.82 Å². The first-order valence-electron chi connectivity index (χ1n) is 12.1. The average molecular weight is 470 g/mol. The second kappa shape index (κ2) is 6.85. The molecule has 2 aromatic rings. The van der Waals surface area contributed by atoms with E-state index in [2.05, 4.69) is 21.2 Å².